The minimum absolute atomic E-state index is 0. The molecule has 0 heterocycles. The topological polar surface area (TPSA) is 0 Å². The fourth-order valence-corrected chi connectivity index (χ4v) is 0.572. The largest absolute Gasteiger partial charge is 0.0925 e. The Morgan fingerprint density at radius 3 is 2.12 bits per heavy atom. The molecule has 0 aliphatic carbocycles. The summed E-state index contributed by atoms with van der Waals surface area (Å²) in [5.41, 5.74) is 1.40. The maximum Gasteiger partial charge on any atom is 0.00659 e. The standard InChI is InChI=1S/C6H11Br.Mg/c1-6(2)4-3-5-7;/h4H,3,5H2,1-2H3;. The van der Waals surface area contributed by atoms with Crippen LogP contribution in [-0.4, -0.2) is 28.4 Å². The van der Waals surface area contributed by atoms with E-state index in [1.165, 1.54) is 5.57 Å². The average Bonchev–Trinajstić information content (AvgIpc) is 1.61. The van der Waals surface area contributed by atoms with Crippen molar-refractivity contribution in [2.45, 2.75) is 20.3 Å². The molecule has 0 unspecified atom stereocenters. The lowest BCUT2D eigenvalue weighted by Crippen LogP contribution is -1.67. The molecule has 0 atom stereocenters. The van der Waals surface area contributed by atoms with E-state index in [4.69, 9.17) is 0 Å². The molecular formula is C6H11BrMg. The molecular weight excluding hydrogens is 176 g/mol. The average molecular weight is 187 g/mol. The van der Waals surface area contributed by atoms with Gasteiger partial charge in [-0.2, -0.15) is 0 Å². The van der Waals surface area contributed by atoms with Gasteiger partial charge in [0.15, 0.2) is 0 Å². The van der Waals surface area contributed by atoms with E-state index in [9.17, 15) is 0 Å². The second-order valence-electron chi connectivity index (χ2n) is 1.76. The van der Waals surface area contributed by atoms with Gasteiger partial charge in [0.25, 0.3) is 0 Å². The maximum absolute atomic E-state index is 3.33. The van der Waals surface area contributed by atoms with Crippen LogP contribution in [0.4, 0.5) is 0 Å². The summed E-state index contributed by atoms with van der Waals surface area (Å²) in [4.78, 5) is 0. The van der Waals surface area contributed by atoms with Gasteiger partial charge in [-0.1, -0.05) is 27.6 Å². The van der Waals surface area contributed by atoms with Crippen molar-refractivity contribution in [2.24, 2.45) is 0 Å². The van der Waals surface area contributed by atoms with Gasteiger partial charge in [-0.25, -0.2) is 0 Å². The Kier molecular flexibility index (Phi) is 11.7. The molecule has 0 N–H and O–H groups in total. The van der Waals surface area contributed by atoms with Gasteiger partial charge in [0.1, 0.15) is 0 Å². The van der Waals surface area contributed by atoms with Crippen molar-refractivity contribution in [3.8, 4) is 0 Å². The third-order valence-electron chi connectivity index (χ3n) is 0.662. The van der Waals surface area contributed by atoms with Crippen LogP contribution in [0.3, 0.4) is 0 Å². The first-order valence-corrected chi connectivity index (χ1v) is 3.59. The molecule has 2 heteroatoms. The molecule has 0 aromatic rings. The minimum Gasteiger partial charge on any atom is -0.0925 e. The molecule has 0 aromatic heterocycles. The van der Waals surface area contributed by atoms with Crippen LogP contribution in [0.1, 0.15) is 20.3 Å². The molecule has 0 saturated heterocycles. The quantitative estimate of drug-likeness (QED) is 0.354. The highest BCUT2D eigenvalue weighted by Gasteiger charge is 1.74. The van der Waals surface area contributed by atoms with Crippen molar-refractivity contribution in [1.82, 2.24) is 0 Å². The summed E-state index contributed by atoms with van der Waals surface area (Å²) >= 11 is 3.33. The normalized spacial score (nSPS) is 7.38. The number of allylic oxidation sites excluding steroid dienone is 2. The van der Waals surface area contributed by atoms with Crippen molar-refractivity contribution >= 4 is 39.0 Å². The molecule has 0 nitrogen and oxygen atoms in total. The maximum atomic E-state index is 3.33. The summed E-state index contributed by atoms with van der Waals surface area (Å²) in [5.74, 6) is 0. The number of hydrogen-bond donors (Lipinski definition) is 0. The first kappa shape index (κ1) is 11.7. The molecule has 0 aliphatic rings. The Balaban J connectivity index is 0. The molecule has 0 amide bonds. The van der Waals surface area contributed by atoms with Crippen molar-refractivity contribution in [2.75, 3.05) is 5.33 Å². The van der Waals surface area contributed by atoms with Crippen LogP contribution in [0.2, 0.25) is 0 Å². The third kappa shape index (κ3) is 10.1. The van der Waals surface area contributed by atoms with Crippen LogP contribution >= 0.6 is 15.9 Å². The lowest BCUT2D eigenvalue weighted by molar-refractivity contribution is 1.20. The van der Waals surface area contributed by atoms with Crippen molar-refractivity contribution in [1.29, 1.82) is 0 Å². The second kappa shape index (κ2) is 7.99. The zero-order valence-electron chi connectivity index (χ0n) is 5.58. The van der Waals surface area contributed by atoms with Gasteiger partial charge in [-0.15, -0.1) is 0 Å². The van der Waals surface area contributed by atoms with Crippen LogP contribution < -0.4 is 0 Å². The van der Waals surface area contributed by atoms with E-state index < -0.39 is 0 Å². The number of rotatable bonds is 2. The molecule has 0 fully saturated rings. The number of halogens is 1. The van der Waals surface area contributed by atoms with Crippen LogP contribution in [0.25, 0.3) is 0 Å². The molecule has 0 aromatic carbocycles. The first-order chi connectivity index (χ1) is 3.27. The van der Waals surface area contributed by atoms with Crippen LogP contribution in [0.15, 0.2) is 11.6 Å². The van der Waals surface area contributed by atoms with E-state index in [-0.39, 0.29) is 23.1 Å². The fraction of sp³-hybridized carbons (Fsp3) is 0.667. The van der Waals surface area contributed by atoms with Crippen molar-refractivity contribution in [3.63, 3.8) is 0 Å². The van der Waals surface area contributed by atoms with E-state index >= 15 is 0 Å². The van der Waals surface area contributed by atoms with Gasteiger partial charge in [0, 0.05) is 28.4 Å². The minimum atomic E-state index is 0. The Bertz CT molecular complexity index is 64.9. The van der Waals surface area contributed by atoms with E-state index in [1.807, 2.05) is 0 Å². The predicted molar refractivity (Wildman–Crippen MR) is 43.6 cm³/mol. The Morgan fingerprint density at radius 1 is 1.50 bits per heavy atom. The number of hydrogen-bond acceptors (Lipinski definition) is 0. The Morgan fingerprint density at radius 2 is 2.00 bits per heavy atom. The van der Waals surface area contributed by atoms with Gasteiger partial charge in [0.2, 0.25) is 0 Å². The number of alkyl halides is 1. The van der Waals surface area contributed by atoms with Gasteiger partial charge in [0.05, 0.1) is 0 Å². The lowest BCUT2D eigenvalue weighted by Gasteiger charge is -1.84. The highest BCUT2D eigenvalue weighted by Crippen LogP contribution is 1.94. The molecule has 8 heavy (non-hydrogen) atoms. The highest BCUT2D eigenvalue weighted by atomic mass is 79.9. The lowest BCUT2D eigenvalue weighted by atomic mass is 10.3. The fourth-order valence-electron chi connectivity index (χ4n) is 0.343. The van der Waals surface area contributed by atoms with Gasteiger partial charge in [-0.05, 0) is 20.3 Å². The summed E-state index contributed by atoms with van der Waals surface area (Å²) in [5, 5.41) is 1.08. The van der Waals surface area contributed by atoms with Crippen LogP contribution in [0.5, 0.6) is 0 Å². The summed E-state index contributed by atoms with van der Waals surface area (Å²) in [6.07, 6.45) is 3.37. The van der Waals surface area contributed by atoms with E-state index in [2.05, 4.69) is 35.9 Å². The highest BCUT2D eigenvalue weighted by molar-refractivity contribution is 9.09. The predicted octanol–water partition coefficient (Wildman–Crippen LogP) is 2.36. The summed E-state index contributed by atoms with van der Waals surface area (Å²) in [6.45, 7) is 4.23. The van der Waals surface area contributed by atoms with E-state index in [1.54, 1.807) is 0 Å². The van der Waals surface area contributed by atoms with Crippen LogP contribution in [0, 0.1) is 0 Å². The SMILES string of the molecule is CC(C)=CCCBr.[Mg]. The van der Waals surface area contributed by atoms with E-state index in [0.717, 1.165) is 11.8 Å². The third-order valence-corrected chi connectivity index (χ3v) is 1.12. The van der Waals surface area contributed by atoms with Gasteiger partial charge < -0.3 is 0 Å². The first-order valence-electron chi connectivity index (χ1n) is 2.46. The van der Waals surface area contributed by atoms with Gasteiger partial charge in [-0.3, -0.25) is 0 Å². The van der Waals surface area contributed by atoms with E-state index in [0.29, 0.717) is 0 Å². The second-order valence-corrected chi connectivity index (χ2v) is 2.55. The van der Waals surface area contributed by atoms with Gasteiger partial charge >= 0.3 is 0 Å². The smallest absolute Gasteiger partial charge is 0.00659 e. The molecule has 44 valence electrons. The summed E-state index contributed by atoms with van der Waals surface area (Å²) in [6, 6.07) is 0. The molecule has 0 aliphatic heterocycles. The monoisotopic (exact) mass is 186 g/mol. The summed E-state index contributed by atoms with van der Waals surface area (Å²) in [7, 11) is 0. The zero-order valence-corrected chi connectivity index (χ0v) is 8.58. The molecule has 0 spiro atoms. The Labute approximate surface area is 76.0 Å². The Hall–Kier alpha value is 0.986. The molecule has 0 saturated carbocycles. The molecule has 2 radical (unpaired) electrons. The van der Waals surface area contributed by atoms with Crippen molar-refractivity contribution < 1.29 is 0 Å². The van der Waals surface area contributed by atoms with Crippen molar-refractivity contribution in [3.05, 3.63) is 11.6 Å². The molecule has 0 bridgehead atoms. The summed E-state index contributed by atoms with van der Waals surface area (Å²) < 4.78 is 0. The molecule has 0 rings (SSSR count). The van der Waals surface area contributed by atoms with Crippen LogP contribution in [-0.2, 0) is 0 Å². The zero-order chi connectivity index (χ0) is 5.70.